The second-order valence-corrected chi connectivity index (χ2v) is 5.44. The van der Waals surface area contributed by atoms with Gasteiger partial charge in [0.05, 0.1) is 6.54 Å². The molecule has 21 heavy (non-hydrogen) atoms. The Bertz CT molecular complexity index is 408. The quantitative estimate of drug-likeness (QED) is 0.813. The van der Waals surface area contributed by atoms with Crippen molar-refractivity contribution in [3.8, 4) is 5.75 Å². The van der Waals surface area contributed by atoms with Crippen LogP contribution < -0.4 is 15.4 Å². The number of ether oxygens (including phenoxy) is 1. The van der Waals surface area contributed by atoms with E-state index in [1.807, 2.05) is 37.3 Å². The van der Waals surface area contributed by atoms with Gasteiger partial charge in [-0.15, -0.1) is 12.4 Å². The fourth-order valence-corrected chi connectivity index (χ4v) is 2.42. The summed E-state index contributed by atoms with van der Waals surface area (Å²) in [5, 5.41) is 6.26. The molecule has 1 aromatic rings. The summed E-state index contributed by atoms with van der Waals surface area (Å²) in [5.41, 5.74) is 0. The first-order valence-corrected chi connectivity index (χ1v) is 7.43. The van der Waals surface area contributed by atoms with Crippen LogP contribution in [0.4, 0.5) is 0 Å². The Morgan fingerprint density at radius 1 is 1.43 bits per heavy atom. The first-order valence-electron chi connectivity index (χ1n) is 7.43. The third-order valence-corrected chi connectivity index (χ3v) is 3.61. The third kappa shape index (κ3) is 6.82. The number of nitrogens with one attached hydrogen (secondary N) is 2. The number of hydrogen-bond donors (Lipinski definition) is 2. The highest BCUT2D eigenvalue weighted by Crippen LogP contribution is 2.14. The van der Waals surface area contributed by atoms with Crippen LogP contribution in [0.25, 0.3) is 0 Å². The molecule has 0 saturated carbocycles. The van der Waals surface area contributed by atoms with Gasteiger partial charge >= 0.3 is 0 Å². The zero-order valence-electron chi connectivity index (χ0n) is 12.5. The first-order chi connectivity index (χ1) is 9.74. The first kappa shape index (κ1) is 17.8. The highest BCUT2D eigenvalue weighted by Gasteiger charge is 2.15. The summed E-state index contributed by atoms with van der Waals surface area (Å²) >= 11 is 0. The highest BCUT2D eigenvalue weighted by molar-refractivity contribution is 5.85. The van der Waals surface area contributed by atoms with Crippen molar-refractivity contribution in [2.24, 2.45) is 5.92 Å². The van der Waals surface area contributed by atoms with Crippen LogP contribution in [0.5, 0.6) is 5.75 Å². The molecule has 2 unspecified atom stereocenters. The largest absolute Gasteiger partial charge is 0.489 e. The maximum absolute atomic E-state index is 11.8. The van der Waals surface area contributed by atoms with Crippen LogP contribution >= 0.6 is 12.4 Å². The van der Waals surface area contributed by atoms with Crippen molar-refractivity contribution in [2.45, 2.75) is 32.3 Å². The monoisotopic (exact) mass is 312 g/mol. The predicted octanol–water partition coefficient (Wildman–Crippen LogP) is 2.38. The van der Waals surface area contributed by atoms with Crippen LogP contribution in [0, 0.1) is 5.92 Å². The van der Waals surface area contributed by atoms with Gasteiger partial charge in [0.2, 0.25) is 5.91 Å². The molecule has 0 spiro atoms. The van der Waals surface area contributed by atoms with E-state index in [9.17, 15) is 4.79 Å². The van der Waals surface area contributed by atoms with Gasteiger partial charge in [-0.3, -0.25) is 4.79 Å². The number of benzene rings is 1. The minimum absolute atomic E-state index is 0. The van der Waals surface area contributed by atoms with Crippen LogP contribution in [-0.2, 0) is 4.79 Å². The lowest BCUT2D eigenvalue weighted by atomic mass is 10.0. The second-order valence-electron chi connectivity index (χ2n) is 5.44. The number of carbonyl (C=O) groups excluding carboxylic acids is 1. The van der Waals surface area contributed by atoms with E-state index >= 15 is 0 Å². The summed E-state index contributed by atoms with van der Waals surface area (Å²) in [6, 6.07) is 9.68. The highest BCUT2D eigenvalue weighted by atomic mass is 35.5. The van der Waals surface area contributed by atoms with Gasteiger partial charge in [0.1, 0.15) is 11.9 Å². The molecule has 2 rings (SSSR count). The number of para-hydroxylation sites is 1. The van der Waals surface area contributed by atoms with Crippen LogP contribution in [-0.4, -0.2) is 31.6 Å². The van der Waals surface area contributed by atoms with E-state index < -0.39 is 0 Å². The topological polar surface area (TPSA) is 50.4 Å². The molecule has 0 radical (unpaired) electrons. The summed E-state index contributed by atoms with van der Waals surface area (Å²) in [7, 11) is 0. The molecule has 1 fully saturated rings. The van der Waals surface area contributed by atoms with Crippen molar-refractivity contribution in [3.05, 3.63) is 30.3 Å². The fourth-order valence-electron chi connectivity index (χ4n) is 2.42. The maximum atomic E-state index is 11.8. The zero-order chi connectivity index (χ0) is 14.2. The SMILES string of the molecule is CC(CNC(=O)CCC1CCNC1)Oc1ccccc1.Cl. The molecule has 1 aliphatic heterocycles. The summed E-state index contributed by atoms with van der Waals surface area (Å²) in [6.07, 6.45) is 2.77. The number of hydrogen-bond acceptors (Lipinski definition) is 3. The molecule has 0 bridgehead atoms. The Balaban J connectivity index is 0.00000220. The van der Waals surface area contributed by atoms with Crippen molar-refractivity contribution < 1.29 is 9.53 Å². The van der Waals surface area contributed by atoms with E-state index in [4.69, 9.17) is 4.74 Å². The molecule has 1 heterocycles. The van der Waals surface area contributed by atoms with Crippen molar-refractivity contribution >= 4 is 18.3 Å². The van der Waals surface area contributed by atoms with Crippen LogP contribution in [0.3, 0.4) is 0 Å². The molecule has 1 saturated heterocycles. The normalized spacial score (nSPS) is 18.6. The summed E-state index contributed by atoms with van der Waals surface area (Å²) in [5.74, 6) is 1.63. The lowest BCUT2D eigenvalue weighted by Gasteiger charge is -2.15. The lowest BCUT2D eigenvalue weighted by Crippen LogP contribution is -2.33. The number of amides is 1. The Hall–Kier alpha value is -1.26. The molecule has 5 heteroatoms. The molecular formula is C16H25ClN2O2. The molecule has 1 amide bonds. The molecule has 0 aliphatic carbocycles. The molecule has 1 aromatic carbocycles. The van der Waals surface area contributed by atoms with E-state index in [-0.39, 0.29) is 24.4 Å². The van der Waals surface area contributed by atoms with E-state index in [1.165, 1.54) is 6.42 Å². The lowest BCUT2D eigenvalue weighted by molar-refractivity contribution is -0.121. The standard InChI is InChI=1S/C16H24N2O2.ClH/c1-13(20-15-5-3-2-4-6-15)11-18-16(19)8-7-14-9-10-17-12-14;/h2-6,13-14,17H,7-12H2,1H3,(H,18,19);1H. The molecule has 1 aliphatic rings. The Kier molecular flexibility index (Phi) is 8.16. The van der Waals surface area contributed by atoms with Gasteiger partial charge in [0.25, 0.3) is 0 Å². The molecule has 118 valence electrons. The minimum atomic E-state index is -0.0190. The average Bonchev–Trinajstić information content (AvgIpc) is 2.97. The smallest absolute Gasteiger partial charge is 0.220 e. The van der Waals surface area contributed by atoms with E-state index in [0.29, 0.717) is 18.9 Å². The van der Waals surface area contributed by atoms with Gasteiger partial charge in [-0.1, -0.05) is 18.2 Å². The van der Waals surface area contributed by atoms with Gasteiger partial charge in [0.15, 0.2) is 0 Å². The molecule has 2 atom stereocenters. The fraction of sp³-hybridized carbons (Fsp3) is 0.562. The predicted molar refractivity (Wildman–Crippen MR) is 87.0 cm³/mol. The number of halogens is 1. The van der Waals surface area contributed by atoms with Crippen LogP contribution in [0.15, 0.2) is 30.3 Å². The molecule has 2 N–H and O–H groups in total. The van der Waals surface area contributed by atoms with Gasteiger partial charge in [-0.25, -0.2) is 0 Å². The second kappa shape index (κ2) is 9.64. The van der Waals surface area contributed by atoms with E-state index in [0.717, 1.165) is 25.3 Å². The summed E-state index contributed by atoms with van der Waals surface area (Å²) in [6.45, 7) is 4.67. The number of carbonyl (C=O) groups is 1. The van der Waals surface area contributed by atoms with Gasteiger partial charge in [-0.2, -0.15) is 0 Å². The van der Waals surface area contributed by atoms with Crippen molar-refractivity contribution in [3.63, 3.8) is 0 Å². The van der Waals surface area contributed by atoms with Crippen molar-refractivity contribution in [2.75, 3.05) is 19.6 Å². The minimum Gasteiger partial charge on any atom is -0.489 e. The van der Waals surface area contributed by atoms with Gasteiger partial charge < -0.3 is 15.4 Å². The maximum Gasteiger partial charge on any atom is 0.220 e. The summed E-state index contributed by atoms with van der Waals surface area (Å²) < 4.78 is 5.72. The molecule has 0 aromatic heterocycles. The Labute approximate surface area is 133 Å². The zero-order valence-corrected chi connectivity index (χ0v) is 13.3. The van der Waals surface area contributed by atoms with Crippen LogP contribution in [0.2, 0.25) is 0 Å². The Morgan fingerprint density at radius 3 is 2.86 bits per heavy atom. The van der Waals surface area contributed by atoms with Crippen molar-refractivity contribution in [1.82, 2.24) is 10.6 Å². The molecular weight excluding hydrogens is 288 g/mol. The third-order valence-electron chi connectivity index (χ3n) is 3.61. The average molecular weight is 313 g/mol. The number of rotatable bonds is 7. The van der Waals surface area contributed by atoms with Gasteiger partial charge in [0, 0.05) is 6.42 Å². The van der Waals surface area contributed by atoms with Crippen LogP contribution in [0.1, 0.15) is 26.2 Å². The van der Waals surface area contributed by atoms with Crippen molar-refractivity contribution in [1.29, 1.82) is 0 Å². The van der Waals surface area contributed by atoms with E-state index in [2.05, 4.69) is 10.6 Å². The summed E-state index contributed by atoms with van der Waals surface area (Å²) in [4.78, 5) is 11.8. The van der Waals surface area contributed by atoms with E-state index in [1.54, 1.807) is 0 Å². The van der Waals surface area contributed by atoms with Gasteiger partial charge in [-0.05, 0) is 50.9 Å². The Morgan fingerprint density at radius 2 is 2.19 bits per heavy atom. The molecule has 4 nitrogen and oxygen atoms in total.